The van der Waals surface area contributed by atoms with E-state index in [4.69, 9.17) is 0 Å². The third kappa shape index (κ3) is 7.38. The fourth-order valence-corrected chi connectivity index (χ4v) is 3.78. The van der Waals surface area contributed by atoms with Crippen LogP contribution >= 0.6 is 27.7 Å². The normalized spacial score (nSPS) is 12.6. The molecule has 0 aliphatic carbocycles. The van der Waals surface area contributed by atoms with Crippen molar-refractivity contribution >= 4 is 27.7 Å². The van der Waals surface area contributed by atoms with Crippen LogP contribution in [-0.4, -0.2) is 18.3 Å². The molecule has 1 unspecified atom stereocenters. The van der Waals surface area contributed by atoms with Gasteiger partial charge in [-0.15, -0.1) is 11.8 Å². The molecule has 0 saturated heterocycles. The summed E-state index contributed by atoms with van der Waals surface area (Å²) < 4.78 is 1.21. The Bertz CT molecular complexity index is 343. The second kappa shape index (κ2) is 10.8. The summed E-state index contributed by atoms with van der Waals surface area (Å²) in [6, 6.07) is 9.12. The molecule has 0 spiro atoms. The van der Waals surface area contributed by atoms with Crippen molar-refractivity contribution in [2.24, 2.45) is 0 Å². The number of hydrogen-bond donors (Lipinski definition) is 1. The number of thioether (sulfide) groups is 1. The van der Waals surface area contributed by atoms with E-state index < -0.39 is 0 Å². The van der Waals surface area contributed by atoms with Crippen LogP contribution in [0.5, 0.6) is 0 Å². The standard InChI is InChI=1S/C16H26BrNS/c1-3-5-6-7-10-14(18-4-2)13-19-16-12-9-8-11-15(16)17/h8-9,11-12,14,18H,3-7,10,13H2,1-2H3. The van der Waals surface area contributed by atoms with Crippen molar-refractivity contribution in [1.29, 1.82) is 0 Å². The lowest BCUT2D eigenvalue weighted by molar-refractivity contribution is 0.500. The number of benzene rings is 1. The predicted octanol–water partition coefficient (Wildman–Crippen LogP) is 5.49. The molecule has 108 valence electrons. The molecular formula is C16H26BrNS. The van der Waals surface area contributed by atoms with Crippen molar-refractivity contribution in [3.8, 4) is 0 Å². The SMILES string of the molecule is CCCCCCC(CSc1ccccc1Br)NCC. The first-order valence-electron chi connectivity index (χ1n) is 7.38. The Balaban J connectivity index is 2.34. The highest BCUT2D eigenvalue weighted by Gasteiger charge is 2.08. The summed E-state index contributed by atoms with van der Waals surface area (Å²) >= 11 is 5.57. The number of halogens is 1. The molecule has 0 fully saturated rings. The lowest BCUT2D eigenvalue weighted by atomic mass is 10.1. The van der Waals surface area contributed by atoms with Crippen molar-refractivity contribution in [3.05, 3.63) is 28.7 Å². The summed E-state index contributed by atoms with van der Waals surface area (Å²) in [6.07, 6.45) is 6.71. The molecule has 1 atom stereocenters. The Hall–Kier alpha value is 0.01000. The monoisotopic (exact) mass is 343 g/mol. The molecule has 1 N–H and O–H groups in total. The Morgan fingerprint density at radius 3 is 2.63 bits per heavy atom. The van der Waals surface area contributed by atoms with Crippen LogP contribution in [0.2, 0.25) is 0 Å². The van der Waals surface area contributed by atoms with Crippen molar-refractivity contribution in [1.82, 2.24) is 5.32 Å². The van der Waals surface area contributed by atoms with Gasteiger partial charge < -0.3 is 5.32 Å². The number of nitrogens with one attached hydrogen (secondary N) is 1. The highest BCUT2D eigenvalue weighted by molar-refractivity contribution is 9.10. The van der Waals surface area contributed by atoms with Crippen molar-refractivity contribution in [3.63, 3.8) is 0 Å². The molecule has 1 aromatic rings. The van der Waals surface area contributed by atoms with Crippen LogP contribution in [0, 0.1) is 0 Å². The molecule has 0 radical (unpaired) electrons. The van der Waals surface area contributed by atoms with Crippen molar-refractivity contribution < 1.29 is 0 Å². The Morgan fingerprint density at radius 1 is 1.16 bits per heavy atom. The van der Waals surface area contributed by atoms with Gasteiger partial charge in [0.15, 0.2) is 0 Å². The minimum Gasteiger partial charge on any atom is -0.313 e. The summed E-state index contributed by atoms with van der Waals surface area (Å²) in [6.45, 7) is 5.53. The summed E-state index contributed by atoms with van der Waals surface area (Å²) in [4.78, 5) is 1.35. The summed E-state index contributed by atoms with van der Waals surface area (Å²) in [7, 11) is 0. The molecule has 1 nitrogen and oxygen atoms in total. The second-order valence-corrected chi connectivity index (χ2v) is 6.76. The lowest BCUT2D eigenvalue weighted by Crippen LogP contribution is -2.31. The zero-order valence-electron chi connectivity index (χ0n) is 12.1. The van der Waals surface area contributed by atoms with Gasteiger partial charge in [0.05, 0.1) is 0 Å². The van der Waals surface area contributed by atoms with E-state index in [1.54, 1.807) is 0 Å². The van der Waals surface area contributed by atoms with Gasteiger partial charge in [-0.05, 0) is 41.0 Å². The van der Waals surface area contributed by atoms with E-state index in [0.29, 0.717) is 6.04 Å². The Morgan fingerprint density at radius 2 is 1.95 bits per heavy atom. The molecule has 0 aromatic heterocycles. The van der Waals surface area contributed by atoms with E-state index in [2.05, 4.69) is 59.4 Å². The quantitative estimate of drug-likeness (QED) is 0.445. The fraction of sp³-hybridized carbons (Fsp3) is 0.625. The summed E-state index contributed by atoms with van der Waals surface area (Å²) in [5.41, 5.74) is 0. The van der Waals surface area contributed by atoms with Crippen LogP contribution in [0.1, 0.15) is 46.0 Å². The minimum absolute atomic E-state index is 0.638. The molecule has 0 bridgehead atoms. The maximum absolute atomic E-state index is 3.62. The molecule has 3 heteroatoms. The molecule has 0 saturated carbocycles. The topological polar surface area (TPSA) is 12.0 Å². The maximum atomic E-state index is 3.62. The van der Waals surface area contributed by atoms with Crippen molar-refractivity contribution in [2.45, 2.75) is 56.9 Å². The molecule has 0 heterocycles. The average molecular weight is 344 g/mol. The van der Waals surface area contributed by atoms with E-state index in [9.17, 15) is 0 Å². The van der Waals surface area contributed by atoms with Gasteiger partial charge in [-0.3, -0.25) is 0 Å². The Kier molecular flexibility index (Phi) is 9.66. The van der Waals surface area contributed by atoms with Crippen molar-refractivity contribution in [2.75, 3.05) is 12.3 Å². The third-order valence-electron chi connectivity index (χ3n) is 3.18. The van der Waals surface area contributed by atoms with Gasteiger partial charge in [0.25, 0.3) is 0 Å². The van der Waals surface area contributed by atoms with E-state index in [1.165, 1.54) is 41.5 Å². The highest BCUT2D eigenvalue weighted by Crippen LogP contribution is 2.28. The van der Waals surface area contributed by atoms with Crippen LogP contribution in [0.25, 0.3) is 0 Å². The third-order valence-corrected chi connectivity index (χ3v) is 5.37. The first-order chi connectivity index (χ1) is 9.27. The Labute approximate surface area is 131 Å². The van der Waals surface area contributed by atoms with Gasteiger partial charge in [0.2, 0.25) is 0 Å². The molecule has 19 heavy (non-hydrogen) atoms. The van der Waals surface area contributed by atoms with Gasteiger partial charge in [0.1, 0.15) is 0 Å². The second-order valence-electron chi connectivity index (χ2n) is 4.85. The van der Waals surface area contributed by atoms with Crippen LogP contribution < -0.4 is 5.32 Å². The number of hydrogen-bond acceptors (Lipinski definition) is 2. The smallest absolute Gasteiger partial charge is 0.0311 e. The number of rotatable bonds is 10. The van der Waals surface area contributed by atoms with Gasteiger partial charge in [-0.25, -0.2) is 0 Å². The first-order valence-corrected chi connectivity index (χ1v) is 9.16. The first kappa shape index (κ1) is 17.1. The van der Waals surface area contributed by atoms with Gasteiger partial charge in [-0.1, -0.05) is 51.7 Å². The molecule has 0 aliphatic heterocycles. The average Bonchev–Trinajstić information content (AvgIpc) is 2.42. The zero-order chi connectivity index (χ0) is 13.9. The molecule has 1 rings (SSSR count). The largest absolute Gasteiger partial charge is 0.313 e. The molecule has 0 aliphatic rings. The predicted molar refractivity (Wildman–Crippen MR) is 91.1 cm³/mol. The van der Waals surface area contributed by atoms with Crippen LogP contribution in [0.15, 0.2) is 33.6 Å². The summed E-state index contributed by atoms with van der Waals surface area (Å²) in [5, 5.41) is 3.61. The lowest BCUT2D eigenvalue weighted by Gasteiger charge is -2.17. The molecule has 0 amide bonds. The van der Waals surface area contributed by atoms with Gasteiger partial charge in [-0.2, -0.15) is 0 Å². The molecule has 1 aromatic carbocycles. The van der Waals surface area contributed by atoms with E-state index in [0.717, 1.165) is 12.3 Å². The van der Waals surface area contributed by atoms with Gasteiger partial charge in [0, 0.05) is 21.2 Å². The highest BCUT2D eigenvalue weighted by atomic mass is 79.9. The van der Waals surface area contributed by atoms with Crippen LogP contribution in [-0.2, 0) is 0 Å². The van der Waals surface area contributed by atoms with E-state index in [1.807, 2.05) is 11.8 Å². The maximum Gasteiger partial charge on any atom is 0.0311 e. The zero-order valence-corrected chi connectivity index (χ0v) is 14.5. The van der Waals surface area contributed by atoms with E-state index in [-0.39, 0.29) is 0 Å². The molecular weight excluding hydrogens is 318 g/mol. The van der Waals surface area contributed by atoms with Crippen LogP contribution in [0.4, 0.5) is 0 Å². The van der Waals surface area contributed by atoms with Gasteiger partial charge >= 0.3 is 0 Å². The minimum atomic E-state index is 0.638. The fourth-order valence-electron chi connectivity index (χ4n) is 2.10. The van der Waals surface area contributed by atoms with E-state index >= 15 is 0 Å². The summed E-state index contributed by atoms with van der Waals surface area (Å²) in [5.74, 6) is 1.16. The van der Waals surface area contributed by atoms with Crippen LogP contribution in [0.3, 0.4) is 0 Å². The number of unbranched alkanes of at least 4 members (excludes halogenated alkanes) is 3.